The first kappa shape index (κ1) is 15.4. The van der Waals surface area contributed by atoms with Gasteiger partial charge in [-0.25, -0.2) is 4.98 Å². The molecule has 0 radical (unpaired) electrons. The number of para-hydroxylation sites is 1. The molecule has 1 amide bonds. The highest BCUT2D eigenvalue weighted by Gasteiger charge is 2.28. The van der Waals surface area contributed by atoms with Crippen molar-refractivity contribution in [3.63, 3.8) is 0 Å². The fourth-order valence-electron chi connectivity index (χ4n) is 3.09. The quantitative estimate of drug-likeness (QED) is 0.763. The van der Waals surface area contributed by atoms with Crippen LogP contribution in [0.5, 0.6) is 11.5 Å². The number of rotatable bonds is 4. The molecule has 0 bridgehead atoms. The fourth-order valence-corrected chi connectivity index (χ4v) is 3.09. The van der Waals surface area contributed by atoms with Crippen molar-refractivity contribution in [3.8, 4) is 11.5 Å². The molecule has 4 rings (SSSR count). The van der Waals surface area contributed by atoms with Gasteiger partial charge in [0, 0.05) is 11.3 Å². The fraction of sp³-hybridized carbons (Fsp3) is 0.211. The van der Waals surface area contributed by atoms with Crippen LogP contribution < -0.4 is 10.1 Å². The number of aryl methyl sites for hydroxylation is 1. The Bertz CT molecular complexity index is 859. The molecule has 0 fully saturated rings. The highest BCUT2D eigenvalue weighted by atomic mass is 16.5. The lowest BCUT2D eigenvalue weighted by atomic mass is 9.86. The van der Waals surface area contributed by atoms with Gasteiger partial charge in [0.05, 0.1) is 18.3 Å². The Morgan fingerprint density at radius 2 is 2.00 bits per heavy atom. The van der Waals surface area contributed by atoms with Crippen LogP contribution in [0.4, 0.5) is 5.82 Å². The molecule has 0 saturated carbocycles. The number of H-pyrrole nitrogens is 1. The summed E-state index contributed by atoms with van der Waals surface area (Å²) in [6.07, 6.45) is 6.11. The van der Waals surface area contributed by atoms with E-state index in [1.165, 1.54) is 0 Å². The smallest absolute Gasteiger partial charge is 0.233 e. The monoisotopic (exact) mass is 334 g/mol. The zero-order chi connectivity index (χ0) is 17.1. The molecule has 2 heterocycles. The second kappa shape index (κ2) is 6.76. The highest BCUT2D eigenvalue weighted by Crippen LogP contribution is 2.31. The number of aromatic nitrogens is 3. The molecule has 1 aliphatic carbocycles. The van der Waals surface area contributed by atoms with E-state index in [1.807, 2.05) is 30.3 Å². The molecule has 3 aromatic rings. The number of anilines is 1. The molecule has 6 heteroatoms. The molecule has 0 spiro atoms. The Morgan fingerprint density at radius 1 is 1.12 bits per heavy atom. The maximum Gasteiger partial charge on any atom is 0.233 e. The minimum atomic E-state index is -0.176. The Hall–Kier alpha value is -3.15. The number of carbonyl (C=O) groups is 1. The Labute approximate surface area is 145 Å². The van der Waals surface area contributed by atoms with Crippen molar-refractivity contribution in [2.45, 2.75) is 25.2 Å². The predicted molar refractivity (Wildman–Crippen MR) is 93.6 cm³/mol. The molecule has 0 unspecified atom stereocenters. The maximum absolute atomic E-state index is 12.6. The van der Waals surface area contributed by atoms with Crippen LogP contribution in [0.15, 0.2) is 54.9 Å². The first-order valence-corrected chi connectivity index (χ1v) is 8.31. The van der Waals surface area contributed by atoms with Crippen LogP contribution >= 0.6 is 0 Å². The number of pyridine rings is 1. The van der Waals surface area contributed by atoms with E-state index < -0.39 is 0 Å². The number of ether oxygens (including phenoxy) is 1. The summed E-state index contributed by atoms with van der Waals surface area (Å²) in [5.41, 5.74) is 2.05. The zero-order valence-electron chi connectivity index (χ0n) is 13.6. The van der Waals surface area contributed by atoms with E-state index in [4.69, 9.17) is 4.74 Å². The summed E-state index contributed by atoms with van der Waals surface area (Å²) >= 11 is 0. The van der Waals surface area contributed by atoms with E-state index in [2.05, 4.69) is 20.5 Å². The highest BCUT2D eigenvalue weighted by molar-refractivity contribution is 5.95. The van der Waals surface area contributed by atoms with Gasteiger partial charge < -0.3 is 10.1 Å². The maximum atomic E-state index is 12.6. The second-order valence-corrected chi connectivity index (χ2v) is 6.03. The van der Waals surface area contributed by atoms with Crippen molar-refractivity contribution >= 4 is 11.7 Å². The Kier molecular flexibility index (Phi) is 4.16. The summed E-state index contributed by atoms with van der Waals surface area (Å²) in [5.74, 6) is 1.66. The number of fused-ring (bicyclic) bond motifs is 1. The third-order valence-electron chi connectivity index (χ3n) is 4.33. The van der Waals surface area contributed by atoms with Gasteiger partial charge in [-0.2, -0.15) is 5.10 Å². The molecular weight excluding hydrogens is 316 g/mol. The summed E-state index contributed by atoms with van der Waals surface area (Å²) in [7, 11) is 0. The summed E-state index contributed by atoms with van der Waals surface area (Å²) in [6.45, 7) is 0. The van der Waals surface area contributed by atoms with Crippen LogP contribution in [0, 0.1) is 0 Å². The van der Waals surface area contributed by atoms with Gasteiger partial charge in [0.2, 0.25) is 5.91 Å². The van der Waals surface area contributed by atoms with Crippen molar-refractivity contribution in [1.29, 1.82) is 0 Å². The number of hydrogen-bond donors (Lipinski definition) is 2. The van der Waals surface area contributed by atoms with E-state index in [-0.39, 0.29) is 11.8 Å². The summed E-state index contributed by atoms with van der Waals surface area (Å²) in [5, 5.41) is 9.92. The van der Waals surface area contributed by atoms with Crippen LogP contribution in [-0.2, 0) is 11.2 Å². The molecule has 6 nitrogen and oxygen atoms in total. The van der Waals surface area contributed by atoms with Gasteiger partial charge >= 0.3 is 0 Å². The zero-order valence-corrected chi connectivity index (χ0v) is 13.6. The van der Waals surface area contributed by atoms with Crippen LogP contribution in [-0.4, -0.2) is 21.1 Å². The number of benzene rings is 1. The average molecular weight is 334 g/mol. The summed E-state index contributed by atoms with van der Waals surface area (Å²) in [6, 6.07) is 13.0. The first-order chi connectivity index (χ1) is 12.3. The molecule has 1 aromatic carbocycles. The van der Waals surface area contributed by atoms with E-state index in [9.17, 15) is 4.79 Å². The van der Waals surface area contributed by atoms with Gasteiger partial charge in [-0.15, -0.1) is 0 Å². The Balaban J connectivity index is 1.42. The van der Waals surface area contributed by atoms with Gasteiger partial charge in [-0.05, 0) is 43.5 Å². The number of hydrogen-bond acceptors (Lipinski definition) is 4. The second-order valence-electron chi connectivity index (χ2n) is 6.03. The number of nitrogens with one attached hydrogen (secondary N) is 2. The van der Waals surface area contributed by atoms with Gasteiger partial charge in [0.15, 0.2) is 0 Å². The molecule has 2 aromatic heterocycles. The van der Waals surface area contributed by atoms with Gasteiger partial charge in [-0.3, -0.25) is 9.89 Å². The van der Waals surface area contributed by atoms with Crippen molar-refractivity contribution in [2.75, 3.05) is 5.32 Å². The molecule has 0 aliphatic heterocycles. The molecule has 126 valence electrons. The van der Waals surface area contributed by atoms with Gasteiger partial charge in [-0.1, -0.05) is 18.2 Å². The first-order valence-electron chi connectivity index (χ1n) is 8.31. The number of nitrogens with zero attached hydrogens (tertiary/aromatic N) is 2. The molecule has 1 aliphatic rings. The van der Waals surface area contributed by atoms with E-state index in [1.54, 1.807) is 24.5 Å². The lowest BCUT2D eigenvalue weighted by Crippen LogP contribution is -2.24. The predicted octanol–water partition coefficient (Wildman–Crippen LogP) is 3.66. The molecule has 25 heavy (non-hydrogen) atoms. The van der Waals surface area contributed by atoms with Crippen LogP contribution in [0.1, 0.15) is 30.0 Å². The summed E-state index contributed by atoms with van der Waals surface area (Å²) in [4.78, 5) is 16.9. The van der Waals surface area contributed by atoms with Crippen LogP contribution in [0.3, 0.4) is 0 Å². The normalized spacial score (nSPS) is 16.1. The number of aromatic amines is 1. The SMILES string of the molecule is O=C(Nc1ccc(Oc2ccccc2)cn1)[C@H]1CCCc2[nH]ncc21. The van der Waals surface area contributed by atoms with Crippen molar-refractivity contribution in [1.82, 2.24) is 15.2 Å². The molecular formula is C19H18N4O2. The minimum Gasteiger partial charge on any atom is -0.456 e. The van der Waals surface area contributed by atoms with E-state index in [0.717, 1.165) is 36.3 Å². The average Bonchev–Trinajstić information content (AvgIpc) is 3.13. The largest absolute Gasteiger partial charge is 0.456 e. The van der Waals surface area contributed by atoms with Crippen LogP contribution in [0.2, 0.25) is 0 Å². The molecule has 1 atom stereocenters. The van der Waals surface area contributed by atoms with E-state index >= 15 is 0 Å². The van der Waals surface area contributed by atoms with Gasteiger partial charge in [0.1, 0.15) is 17.3 Å². The van der Waals surface area contributed by atoms with Crippen molar-refractivity contribution < 1.29 is 9.53 Å². The minimum absolute atomic E-state index is 0.0495. The third kappa shape index (κ3) is 3.38. The van der Waals surface area contributed by atoms with Crippen molar-refractivity contribution in [2.24, 2.45) is 0 Å². The summed E-state index contributed by atoms with van der Waals surface area (Å²) < 4.78 is 5.70. The lowest BCUT2D eigenvalue weighted by molar-refractivity contribution is -0.117. The Morgan fingerprint density at radius 3 is 2.80 bits per heavy atom. The standard InChI is InChI=1S/C19H18N4O2/c24-19(15-7-4-8-17-16(15)12-21-23-17)22-18-10-9-14(11-20-18)25-13-5-2-1-3-6-13/h1-3,5-6,9-12,15H,4,7-8H2,(H,21,23)(H,20,22,24)/t15-/m0/s1. The lowest BCUT2D eigenvalue weighted by Gasteiger charge is -2.20. The van der Waals surface area contributed by atoms with Crippen LogP contribution in [0.25, 0.3) is 0 Å². The topological polar surface area (TPSA) is 79.9 Å². The van der Waals surface area contributed by atoms with Crippen molar-refractivity contribution in [3.05, 3.63) is 66.1 Å². The third-order valence-corrected chi connectivity index (χ3v) is 4.33. The molecule has 2 N–H and O–H groups in total. The molecule has 0 saturated heterocycles. The van der Waals surface area contributed by atoms with Gasteiger partial charge in [0.25, 0.3) is 0 Å². The number of amides is 1. The van der Waals surface area contributed by atoms with E-state index in [0.29, 0.717) is 11.6 Å². The number of carbonyl (C=O) groups excluding carboxylic acids is 1.